The molecule has 3 aromatic rings. The molecule has 4 rings (SSSR count). The fourth-order valence-corrected chi connectivity index (χ4v) is 4.66. The number of hydrogen-bond donors (Lipinski definition) is 2. The summed E-state index contributed by atoms with van der Waals surface area (Å²) in [5, 5.41) is 11.9. The number of carbonyl (C=O) groups is 2. The Kier molecular flexibility index (Phi) is 7.11. The fourth-order valence-electron chi connectivity index (χ4n) is 4.66. The lowest BCUT2D eigenvalue weighted by atomic mass is 9.88. The van der Waals surface area contributed by atoms with Crippen LogP contribution in [-0.2, 0) is 0 Å². The maximum absolute atomic E-state index is 13.5. The molecule has 1 amide bonds. The number of aromatic amines is 1. The molecule has 7 heteroatoms. The van der Waals surface area contributed by atoms with Crippen molar-refractivity contribution in [1.29, 1.82) is 5.26 Å². The quantitative estimate of drug-likeness (QED) is 0.517. The fraction of sp³-hybridized carbons (Fsp3) is 0.286. The molecule has 0 unspecified atom stereocenters. The summed E-state index contributed by atoms with van der Waals surface area (Å²) in [5.41, 5.74) is 6.17. The van der Waals surface area contributed by atoms with Crippen LogP contribution >= 0.6 is 0 Å². The molecule has 0 aliphatic carbocycles. The van der Waals surface area contributed by atoms with Crippen molar-refractivity contribution in [1.82, 2.24) is 20.2 Å². The number of nitrogens with one attached hydrogen (secondary N) is 2. The van der Waals surface area contributed by atoms with Crippen molar-refractivity contribution < 1.29 is 9.59 Å². The summed E-state index contributed by atoms with van der Waals surface area (Å²) in [6.45, 7) is 5.29. The number of hydrogen-bond acceptors (Lipinski definition) is 5. The van der Waals surface area contributed by atoms with Crippen LogP contribution in [0.3, 0.4) is 0 Å². The third-order valence-corrected chi connectivity index (χ3v) is 6.64. The molecule has 2 aromatic carbocycles. The van der Waals surface area contributed by atoms with Crippen LogP contribution in [0, 0.1) is 25.2 Å². The number of rotatable bonds is 6. The number of nitrogens with zero attached hydrogens (tertiary/aromatic N) is 3. The van der Waals surface area contributed by atoms with E-state index in [9.17, 15) is 9.59 Å². The van der Waals surface area contributed by atoms with Crippen LogP contribution in [0.1, 0.15) is 67.6 Å². The average molecular weight is 468 g/mol. The maximum Gasteiger partial charge on any atom is 0.254 e. The zero-order valence-corrected chi connectivity index (χ0v) is 20.3. The van der Waals surface area contributed by atoms with E-state index in [0.717, 1.165) is 35.8 Å². The molecule has 0 saturated carbocycles. The first-order valence-electron chi connectivity index (χ1n) is 11.7. The predicted molar refractivity (Wildman–Crippen MR) is 136 cm³/mol. The SMILES string of the molecule is CN/C=C\c1nc(-c2cc(C(=O)N3CCC(c4ccc(C#N)cc4)CC3)c(C)cc2C)[nH]c1C=O. The number of aldehydes is 1. The molecule has 35 heavy (non-hydrogen) atoms. The summed E-state index contributed by atoms with van der Waals surface area (Å²) >= 11 is 0. The van der Waals surface area contributed by atoms with Gasteiger partial charge in [0.1, 0.15) is 11.5 Å². The number of aryl methyl sites for hydroxylation is 2. The second-order valence-electron chi connectivity index (χ2n) is 8.91. The Labute approximate surface area is 205 Å². The van der Waals surface area contributed by atoms with E-state index in [1.807, 2.05) is 55.1 Å². The molecule has 0 radical (unpaired) electrons. The van der Waals surface area contributed by atoms with Gasteiger partial charge in [0.15, 0.2) is 6.29 Å². The van der Waals surface area contributed by atoms with E-state index in [4.69, 9.17) is 5.26 Å². The van der Waals surface area contributed by atoms with Gasteiger partial charge in [-0.25, -0.2) is 4.98 Å². The predicted octanol–water partition coefficient (Wildman–Crippen LogP) is 4.59. The zero-order valence-electron chi connectivity index (χ0n) is 20.3. The van der Waals surface area contributed by atoms with Crippen LogP contribution in [-0.4, -0.2) is 47.2 Å². The van der Waals surface area contributed by atoms with E-state index in [0.29, 0.717) is 47.3 Å². The summed E-state index contributed by atoms with van der Waals surface area (Å²) < 4.78 is 0. The first-order chi connectivity index (χ1) is 16.9. The summed E-state index contributed by atoms with van der Waals surface area (Å²) in [4.78, 5) is 34.6. The lowest BCUT2D eigenvalue weighted by molar-refractivity contribution is 0.0712. The second kappa shape index (κ2) is 10.4. The van der Waals surface area contributed by atoms with Crippen molar-refractivity contribution in [3.8, 4) is 17.5 Å². The largest absolute Gasteiger partial charge is 0.394 e. The van der Waals surface area contributed by atoms with E-state index < -0.39 is 0 Å². The molecule has 7 nitrogen and oxygen atoms in total. The van der Waals surface area contributed by atoms with E-state index in [-0.39, 0.29) is 5.91 Å². The highest BCUT2D eigenvalue weighted by Crippen LogP contribution is 2.31. The van der Waals surface area contributed by atoms with Crippen LogP contribution in [0.2, 0.25) is 0 Å². The number of carbonyl (C=O) groups excluding carboxylic acids is 2. The van der Waals surface area contributed by atoms with Crippen LogP contribution in [0.25, 0.3) is 17.5 Å². The number of benzene rings is 2. The number of H-pyrrole nitrogens is 1. The van der Waals surface area contributed by atoms with Gasteiger partial charge in [0, 0.05) is 31.3 Å². The number of piperidine rings is 1. The monoisotopic (exact) mass is 467 g/mol. The van der Waals surface area contributed by atoms with Gasteiger partial charge in [0.05, 0.1) is 17.3 Å². The van der Waals surface area contributed by atoms with Crippen LogP contribution < -0.4 is 5.32 Å². The standard InChI is InChI=1S/C28H29N5O2/c1-18-14-19(2)24(15-23(18)27-31-25(8-11-30-3)26(17-34)32-27)28(35)33-12-9-22(10-13-33)21-6-4-20(16-29)5-7-21/h4-8,11,14-15,17,22,30H,9-10,12-13H2,1-3H3,(H,31,32)/b11-8-. The molecule has 1 aliphatic rings. The number of nitriles is 1. The Hall–Kier alpha value is -4.18. The molecule has 0 spiro atoms. The van der Waals surface area contributed by atoms with Crippen molar-refractivity contribution in [2.75, 3.05) is 20.1 Å². The number of imidazole rings is 1. The normalized spacial score (nSPS) is 14.2. The first kappa shape index (κ1) is 24.0. The molecule has 2 heterocycles. The summed E-state index contributed by atoms with van der Waals surface area (Å²) in [6, 6.07) is 13.8. The molecule has 1 fully saturated rings. The van der Waals surface area contributed by atoms with Gasteiger partial charge in [-0.3, -0.25) is 9.59 Å². The van der Waals surface area contributed by atoms with Crippen molar-refractivity contribution in [3.63, 3.8) is 0 Å². The summed E-state index contributed by atoms with van der Waals surface area (Å²) in [7, 11) is 1.78. The smallest absolute Gasteiger partial charge is 0.254 e. The lowest BCUT2D eigenvalue weighted by Crippen LogP contribution is -2.38. The van der Waals surface area contributed by atoms with Gasteiger partial charge in [-0.05, 0) is 79.8 Å². The number of likely N-dealkylation sites (tertiary alicyclic amines) is 1. The van der Waals surface area contributed by atoms with E-state index in [1.165, 1.54) is 5.56 Å². The Morgan fingerprint density at radius 1 is 1.17 bits per heavy atom. The molecule has 0 bridgehead atoms. The average Bonchev–Trinajstić information content (AvgIpc) is 3.30. The Bertz CT molecular complexity index is 1310. The Morgan fingerprint density at radius 3 is 2.51 bits per heavy atom. The molecule has 0 atom stereocenters. The summed E-state index contributed by atoms with van der Waals surface area (Å²) in [5.74, 6) is 0.962. The van der Waals surface area contributed by atoms with Crippen LogP contribution in [0.5, 0.6) is 0 Å². The molecule has 1 aromatic heterocycles. The van der Waals surface area contributed by atoms with E-state index in [1.54, 1.807) is 19.3 Å². The van der Waals surface area contributed by atoms with Gasteiger partial charge in [-0.2, -0.15) is 5.26 Å². The van der Waals surface area contributed by atoms with Gasteiger partial charge in [-0.1, -0.05) is 18.2 Å². The number of aromatic nitrogens is 2. The molecule has 2 N–H and O–H groups in total. The molecule has 1 aliphatic heterocycles. The molecule has 178 valence electrons. The van der Waals surface area contributed by atoms with E-state index >= 15 is 0 Å². The minimum atomic E-state index is 0.0134. The maximum atomic E-state index is 13.5. The van der Waals surface area contributed by atoms with Gasteiger partial charge < -0.3 is 15.2 Å². The van der Waals surface area contributed by atoms with E-state index in [2.05, 4.69) is 21.4 Å². The minimum Gasteiger partial charge on any atom is -0.394 e. The van der Waals surface area contributed by atoms with Crippen molar-refractivity contribution >= 4 is 18.3 Å². The zero-order chi connectivity index (χ0) is 24.9. The van der Waals surface area contributed by atoms with Crippen molar-refractivity contribution in [2.45, 2.75) is 32.6 Å². The molecule has 1 saturated heterocycles. The topological polar surface area (TPSA) is 102 Å². The highest BCUT2D eigenvalue weighted by atomic mass is 16.2. The highest BCUT2D eigenvalue weighted by Gasteiger charge is 2.26. The molecular formula is C28H29N5O2. The van der Waals surface area contributed by atoms with Crippen LogP contribution in [0.15, 0.2) is 42.6 Å². The second-order valence-corrected chi connectivity index (χ2v) is 8.91. The van der Waals surface area contributed by atoms with Gasteiger partial charge in [-0.15, -0.1) is 0 Å². The van der Waals surface area contributed by atoms with Crippen LogP contribution in [0.4, 0.5) is 0 Å². The third-order valence-electron chi connectivity index (χ3n) is 6.64. The Morgan fingerprint density at radius 2 is 1.89 bits per heavy atom. The Balaban J connectivity index is 1.55. The van der Waals surface area contributed by atoms with Crippen molar-refractivity contribution in [2.24, 2.45) is 0 Å². The number of amides is 1. The van der Waals surface area contributed by atoms with Gasteiger partial charge in [0.2, 0.25) is 0 Å². The lowest BCUT2D eigenvalue weighted by Gasteiger charge is -2.32. The minimum absolute atomic E-state index is 0.0134. The summed E-state index contributed by atoms with van der Waals surface area (Å²) in [6.07, 6.45) is 5.97. The first-order valence-corrected chi connectivity index (χ1v) is 11.7. The van der Waals surface area contributed by atoms with Gasteiger partial charge in [0.25, 0.3) is 5.91 Å². The molecular weight excluding hydrogens is 438 g/mol. The van der Waals surface area contributed by atoms with Crippen molar-refractivity contribution in [3.05, 3.63) is 81.8 Å². The van der Waals surface area contributed by atoms with Gasteiger partial charge >= 0.3 is 0 Å². The third kappa shape index (κ3) is 5.02. The highest BCUT2D eigenvalue weighted by molar-refractivity contribution is 5.97.